The van der Waals surface area contributed by atoms with E-state index in [4.69, 9.17) is 58.0 Å². The van der Waals surface area contributed by atoms with Crippen molar-refractivity contribution >= 4 is 58.0 Å². The summed E-state index contributed by atoms with van der Waals surface area (Å²) in [6, 6.07) is 0. The summed E-state index contributed by atoms with van der Waals surface area (Å²) in [5.41, 5.74) is 0. The predicted octanol–water partition coefficient (Wildman–Crippen LogP) is 4.50. The largest absolute Gasteiger partial charge is 0.134 e. The molecule has 0 amide bonds. The second-order valence-electron chi connectivity index (χ2n) is 2.14. The molecule has 0 aromatic heterocycles. The fourth-order valence-electron chi connectivity index (χ4n) is 0.481. The first kappa shape index (κ1) is 12.2. The van der Waals surface area contributed by atoms with Crippen LogP contribution in [0.1, 0.15) is 13.3 Å². The second-order valence-corrected chi connectivity index (χ2v) is 5.67. The molecule has 0 heterocycles. The minimum absolute atomic E-state index is 0.361. The smallest absolute Gasteiger partial charge is 0.105 e. The zero-order chi connectivity index (χ0) is 9.07. The quantitative estimate of drug-likeness (QED) is 0.652. The van der Waals surface area contributed by atoms with E-state index in [-0.39, 0.29) is 0 Å². The van der Waals surface area contributed by atoms with E-state index in [0.717, 1.165) is 0 Å². The van der Waals surface area contributed by atoms with E-state index >= 15 is 0 Å². The van der Waals surface area contributed by atoms with Crippen molar-refractivity contribution in [3.8, 4) is 0 Å². The summed E-state index contributed by atoms with van der Waals surface area (Å²) >= 11 is 27.9. The van der Waals surface area contributed by atoms with Crippen LogP contribution < -0.4 is 0 Å². The van der Waals surface area contributed by atoms with Gasteiger partial charge in [0, 0.05) is 11.5 Å². The maximum Gasteiger partial charge on any atom is 0.134 e. The van der Waals surface area contributed by atoms with Gasteiger partial charge in [-0.2, -0.15) is 0 Å². The summed E-state index contributed by atoms with van der Waals surface area (Å²) in [4.78, 5) is -0.519. The van der Waals surface area contributed by atoms with Gasteiger partial charge >= 0.3 is 0 Å². The van der Waals surface area contributed by atoms with E-state index in [9.17, 15) is 0 Å². The van der Waals surface area contributed by atoms with Gasteiger partial charge in [0.15, 0.2) is 0 Å². The zero-order valence-electron chi connectivity index (χ0n) is 5.75. The van der Waals surface area contributed by atoms with Gasteiger partial charge in [0.25, 0.3) is 0 Å². The molecule has 0 radical (unpaired) electrons. The highest BCUT2D eigenvalue weighted by atomic mass is 35.5. The molecule has 0 N–H and O–H groups in total. The minimum atomic E-state index is -0.959. The highest BCUT2D eigenvalue weighted by Crippen LogP contribution is 2.27. The van der Waals surface area contributed by atoms with Gasteiger partial charge < -0.3 is 0 Å². The van der Waals surface area contributed by atoms with Crippen LogP contribution in [0.2, 0.25) is 0 Å². The Balaban J connectivity index is 4.01. The van der Waals surface area contributed by atoms with Crippen LogP contribution in [0.25, 0.3) is 0 Å². The van der Waals surface area contributed by atoms with E-state index in [1.807, 2.05) is 0 Å². The molecule has 0 unspecified atom stereocenters. The van der Waals surface area contributed by atoms with Crippen LogP contribution in [0.15, 0.2) is 11.1 Å². The molecule has 0 saturated carbocycles. The van der Waals surface area contributed by atoms with Crippen LogP contribution in [0.4, 0.5) is 0 Å². The lowest BCUT2D eigenvalue weighted by Gasteiger charge is -2.07. The second kappa shape index (κ2) is 5.04. The molecule has 0 fully saturated rings. The van der Waals surface area contributed by atoms with Crippen LogP contribution in [0, 0.1) is 0 Å². The fraction of sp³-hybridized carbons (Fsp3) is 0.667. The third kappa shape index (κ3) is 9.10. The van der Waals surface area contributed by atoms with Crippen LogP contribution in [0.5, 0.6) is 0 Å². The Morgan fingerprint density at radius 3 is 2.18 bits per heavy atom. The van der Waals surface area contributed by atoms with Gasteiger partial charge in [0.05, 0.1) is 0 Å². The molecule has 0 spiro atoms. The molecule has 5 heteroatoms. The minimum Gasteiger partial charge on any atom is -0.105 e. The summed E-state index contributed by atoms with van der Waals surface area (Å²) < 4.78 is -0.959. The molecule has 0 rings (SSSR count). The monoisotopic (exact) mass is 254 g/mol. The molecule has 0 atom stereocenters. The third-order valence-corrected chi connectivity index (χ3v) is 1.55. The molecule has 0 saturated heterocycles. The van der Waals surface area contributed by atoms with Crippen molar-refractivity contribution in [3.05, 3.63) is 11.1 Å². The van der Waals surface area contributed by atoms with E-state index in [1.54, 1.807) is 6.92 Å². The first-order valence-corrected chi connectivity index (χ1v) is 4.85. The van der Waals surface area contributed by atoms with E-state index in [0.29, 0.717) is 11.5 Å². The molecule has 0 bridgehead atoms. The van der Waals surface area contributed by atoms with Crippen LogP contribution in [-0.2, 0) is 0 Å². The first-order valence-electron chi connectivity index (χ1n) is 2.84. The van der Waals surface area contributed by atoms with E-state index in [1.165, 1.54) is 6.08 Å². The van der Waals surface area contributed by atoms with Crippen molar-refractivity contribution in [2.75, 3.05) is 0 Å². The lowest BCUT2D eigenvalue weighted by Crippen LogP contribution is -2.01. The van der Waals surface area contributed by atoms with Crippen molar-refractivity contribution in [3.63, 3.8) is 0 Å². The Morgan fingerprint density at radius 1 is 1.45 bits per heavy atom. The molecule has 0 aromatic carbocycles. The summed E-state index contributed by atoms with van der Waals surface area (Å²) in [5, 5.41) is 0.465. The van der Waals surface area contributed by atoms with Crippen LogP contribution >= 0.6 is 58.0 Å². The molecule has 0 aliphatic carbocycles. The highest BCUT2D eigenvalue weighted by Gasteiger charge is 2.14. The Hall–Kier alpha value is 1.19. The van der Waals surface area contributed by atoms with Gasteiger partial charge in [0.1, 0.15) is 9.17 Å². The molecular weight excluding hydrogens is 249 g/mol. The molecule has 0 nitrogen and oxygen atoms in total. The molecule has 0 aliphatic rings. The third-order valence-electron chi connectivity index (χ3n) is 0.759. The topological polar surface area (TPSA) is 0 Å². The van der Waals surface area contributed by atoms with Crippen LogP contribution in [0.3, 0.4) is 0 Å². The molecule has 0 aromatic rings. The number of alkyl halides is 4. The molecular formula is C6H7Cl5. The lowest BCUT2D eigenvalue weighted by atomic mass is 10.3. The Labute approximate surface area is 91.4 Å². The first-order chi connectivity index (χ1) is 4.81. The zero-order valence-corrected chi connectivity index (χ0v) is 9.53. The van der Waals surface area contributed by atoms with Gasteiger partial charge in [-0.15, -0.1) is 23.2 Å². The SMILES string of the molecule is CC(Cl)(Cl)C=C(Cl)CC(Cl)Cl. The van der Waals surface area contributed by atoms with Crippen molar-refractivity contribution in [1.82, 2.24) is 0 Å². The predicted molar refractivity (Wildman–Crippen MR) is 54.2 cm³/mol. The highest BCUT2D eigenvalue weighted by molar-refractivity contribution is 6.50. The standard InChI is InChI=1S/C6H7Cl5/c1-6(10,11)3-4(7)2-5(8)9/h3,5H,2H2,1H3. The maximum atomic E-state index is 5.68. The number of hydrogen-bond acceptors (Lipinski definition) is 0. The number of hydrogen-bond donors (Lipinski definition) is 0. The van der Waals surface area contributed by atoms with Crippen molar-refractivity contribution in [2.45, 2.75) is 22.5 Å². The average molecular weight is 256 g/mol. The summed E-state index contributed by atoms with van der Waals surface area (Å²) in [6.07, 6.45) is 1.86. The lowest BCUT2D eigenvalue weighted by molar-refractivity contribution is 1.06. The summed E-state index contributed by atoms with van der Waals surface area (Å²) in [7, 11) is 0. The number of halogens is 5. The van der Waals surface area contributed by atoms with Crippen molar-refractivity contribution < 1.29 is 0 Å². The number of allylic oxidation sites excluding steroid dienone is 2. The van der Waals surface area contributed by atoms with Crippen molar-refractivity contribution in [2.24, 2.45) is 0 Å². The molecule has 66 valence electrons. The summed E-state index contributed by atoms with van der Waals surface area (Å²) in [5.74, 6) is 0. The van der Waals surface area contributed by atoms with Gasteiger partial charge in [-0.05, 0) is 13.0 Å². The Morgan fingerprint density at radius 2 is 1.91 bits per heavy atom. The Kier molecular flexibility index (Phi) is 5.58. The maximum absolute atomic E-state index is 5.68. The average Bonchev–Trinajstić information content (AvgIpc) is 1.53. The van der Waals surface area contributed by atoms with Gasteiger partial charge in [-0.1, -0.05) is 34.8 Å². The normalized spacial score (nSPS) is 14.3. The number of rotatable bonds is 3. The molecule has 0 aliphatic heterocycles. The van der Waals surface area contributed by atoms with Crippen LogP contribution in [-0.4, -0.2) is 9.17 Å². The van der Waals surface area contributed by atoms with Gasteiger partial charge in [-0.25, -0.2) is 0 Å². The van der Waals surface area contributed by atoms with Crippen molar-refractivity contribution in [1.29, 1.82) is 0 Å². The Bertz CT molecular complexity index is 144. The summed E-state index contributed by atoms with van der Waals surface area (Å²) in [6.45, 7) is 1.61. The van der Waals surface area contributed by atoms with E-state index < -0.39 is 9.17 Å². The fourth-order valence-corrected chi connectivity index (χ4v) is 1.72. The van der Waals surface area contributed by atoms with Gasteiger partial charge in [0.2, 0.25) is 0 Å². The van der Waals surface area contributed by atoms with E-state index in [2.05, 4.69) is 0 Å². The van der Waals surface area contributed by atoms with Gasteiger partial charge in [-0.3, -0.25) is 0 Å². The molecule has 11 heavy (non-hydrogen) atoms.